The van der Waals surface area contributed by atoms with E-state index < -0.39 is 42.1 Å². The average Bonchev–Trinajstić information content (AvgIpc) is 3.05. The minimum absolute atomic E-state index is 0.0695. The molecule has 0 saturated carbocycles. The number of hydrogen-bond donors (Lipinski definition) is 1. The normalized spacial score (nSPS) is 30.0. The molecule has 0 spiro atoms. The van der Waals surface area contributed by atoms with Gasteiger partial charge in [-0.25, -0.2) is 4.79 Å². The van der Waals surface area contributed by atoms with Crippen LogP contribution in [0.3, 0.4) is 0 Å². The molecule has 1 N–H and O–H groups in total. The fourth-order valence-electron chi connectivity index (χ4n) is 3.40. The first-order valence-electron chi connectivity index (χ1n) is 9.95. The van der Waals surface area contributed by atoms with Crippen molar-refractivity contribution >= 4 is 5.97 Å². The van der Waals surface area contributed by atoms with Gasteiger partial charge in [-0.15, -0.1) is 0 Å². The van der Waals surface area contributed by atoms with E-state index in [1.807, 2.05) is 27.7 Å². The van der Waals surface area contributed by atoms with E-state index in [0.717, 1.165) is 0 Å². The highest BCUT2D eigenvalue weighted by Crippen LogP contribution is 2.42. The summed E-state index contributed by atoms with van der Waals surface area (Å²) in [5.74, 6) is -2.42. The molecule has 2 aliphatic rings. The first-order chi connectivity index (χ1) is 12.7. The zero-order chi connectivity index (χ0) is 20.2. The third kappa shape index (κ3) is 5.09. The summed E-state index contributed by atoms with van der Waals surface area (Å²) in [6.07, 6.45) is 0.786. The summed E-state index contributed by atoms with van der Waals surface area (Å²) < 4.78 is 29.6. The molecule has 0 bridgehead atoms. The van der Waals surface area contributed by atoms with Gasteiger partial charge in [-0.2, -0.15) is 0 Å². The van der Waals surface area contributed by atoms with Crippen LogP contribution in [0.5, 0.6) is 0 Å². The fourth-order valence-corrected chi connectivity index (χ4v) is 3.40. The summed E-state index contributed by atoms with van der Waals surface area (Å²) in [6, 6.07) is 0. The van der Waals surface area contributed by atoms with Crippen molar-refractivity contribution in [3.05, 3.63) is 12.2 Å². The van der Waals surface area contributed by atoms with Gasteiger partial charge in [-0.3, -0.25) is 0 Å². The summed E-state index contributed by atoms with van der Waals surface area (Å²) in [6.45, 7) is 13.0. The Bertz CT molecular complexity index is 524. The molecule has 2 saturated heterocycles. The topological polar surface area (TPSA) is 83.5 Å². The Morgan fingerprint density at radius 1 is 1.22 bits per heavy atom. The van der Waals surface area contributed by atoms with E-state index in [9.17, 15) is 9.90 Å². The number of fused-ring (bicyclic) bond motifs is 1. The highest BCUT2D eigenvalue weighted by atomic mass is 16.8. The van der Waals surface area contributed by atoms with Crippen LogP contribution >= 0.6 is 0 Å². The largest absolute Gasteiger partial charge is 0.460 e. The van der Waals surface area contributed by atoms with Crippen LogP contribution in [0.2, 0.25) is 0 Å². The Kier molecular flexibility index (Phi) is 7.44. The van der Waals surface area contributed by atoms with Crippen molar-refractivity contribution in [2.75, 3.05) is 6.61 Å². The molecule has 0 radical (unpaired) electrons. The maximum Gasteiger partial charge on any atom is 0.333 e. The lowest BCUT2D eigenvalue weighted by Crippen LogP contribution is -2.52. The van der Waals surface area contributed by atoms with Crippen molar-refractivity contribution in [1.29, 1.82) is 0 Å². The second-order valence-electron chi connectivity index (χ2n) is 7.37. The van der Waals surface area contributed by atoms with Gasteiger partial charge in [0.25, 0.3) is 0 Å². The monoisotopic (exact) mass is 386 g/mol. The SMILES string of the molecule is C=C(C)C(=O)OCC1CC(OC(O)(CC)CC)[C@H]2OC(CC)(CC)O[C@H]2O1. The van der Waals surface area contributed by atoms with Gasteiger partial charge in [0.2, 0.25) is 0 Å². The quantitative estimate of drug-likeness (QED) is 0.370. The van der Waals surface area contributed by atoms with Gasteiger partial charge >= 0.3 is 5.97 Å². The third-order valence-electron chi connectivity index (χ3n) is 5.44. The predicted molar refractivity (Wildman–Crippen MR) is 98.7 cm³/mol. The van der Waals surface area contributed by atoms with Crippen LogP contribution in [-0.2, 0) is 28.5 Å². The zero-order valence-corrected chi connectivity index (χ0v) is 17.2. The minimum Gasteiger partial charge on any atom is -0.460 e. The van der Waals surface area contributed by atoms with Crippen LogP contribution in [-0.4, -0.2) is 53.9 Å². The Balaban J connectivity index is 2.15. The first-order valence-corrected chi connectivity index (χ1v) is 9.95. The van der Waals surface area contributed by atoms with Gasteiger partial charge in [0, 0.05) is 12.0 Å². The van der Waals surface area contributed by atoms with E-state index in [1.165, 1.54) is 0 Å². The van der Waals surface area contributed by atoms with Crippen molar-refractivity contribution in [1.82, 2.24) is 0 Å². The fraction of sp³-hybridized carbons (Fsp3) is 0.850. The molecular formula is C20H34O7. The molecule has 2 aliphatic heterocycles. The van der Waals surface area contributed by atoms with Crippen molar-refractivity contribution in [3.8, 4) is 0 Å². The first kappa shape index (κ1) is 22.3. The van der Waals surface area contributed by atoms with Crippen LogP contribution in [0.15, 0.2) is 12.2 Å². The van der Waals surface area contributed by atoms with Gasteiger partial charge in [-0.1, -0.05) is 34.3 Å². The number of esters is 1. The number of rotatable bonds is 9. The Hall–Kier alpha value is -0.990. The summed E-state index contributed by atoms with van der Waals surface area (Å²) >= 11 is 0. The Morgan fingerprint density at radius 3 is 2.37 bits per heavy atom. The molecule has 0 aliphatic carbocycles. The molecule has 2 heterocycles. The van der Waals surface area contributed by atoms with Crippen LogP contribution in [0.1, 0.15) is 66.7 Å². The number of ether oxygens (including phenoxy) is 5. The Morgan fingerprint density at radius 2 is 1.85 bits per heavy atom. The van der Waals surface area contributed by atoms with Gasteiger partial charge in [0.15, 0.2) is 17.9 Å². The van der Waals surface area contributed by atoms with E-state index >= 15 is 0 Å². The highest BCUT2D eigenvalue weighted by molar-refractivity contribution is 5.86. The van der Waals surface area contributed by atoms with Crippen LogP contribution in [0.4, 0.5) is 0 Å². The van der Waals surface area contributed by atoms with E-state index in [2.05, 4.69) is 6.58 Å². The molecule has 27 heavy (non-hydrogen) atoms. The van der Waals surface area contributed by atoms with Gasteiger partial charge in [0.1, 0.15) is 12.7 Å². The molecule has 2 rings (SSSR count). The van der Waals surface area contributed by atoms with E-state index in [0.29, 0.717) is 37.7 Å². The molecule has 2 fully saturated rings. The van der Waals surface area contributed by atoms with E-state index in [-0.39, 0.29) is 6.61 Å². The molecule has 0 aromatic rings. The molecule has 4 atom stereocenters. The minimum atomic E-state index is -1.24. The van der Waals surface area contributed by atoms with Crippen LogP contribution in [0, 0.1) is 0 Å². The average molecular weight is 386 g/mol. The Labute approximate surface area is 161 Å². The molecule has 0 aromatic carbocycles. The summed E-state index contributed by atoms with van der Waals surface area (Å²) in [5.41, 5.74) is 0.333. The molecule has 2 unspecified atom stereocenters. The number of carbonyl (C=O) groups excluding carboxylic acids is 1. The highest BCUT2D eigenvalue weighted by Gasteiger charge is 2.54. The molecule has 7 nitrogen and oxygen atoms in total. The number of carbonyl (C=O) groups is 1. The van der Waals surface area contributed by atoms with Crippen molar-refractivity contribution in [2.24, 2.45) is 0 Å². The lowest BCUT2D eigenvalue weighted by Gasteiger charge is -2.40. The molecular weight excluding hydrogens is 352 g/mol. The molecule has 156 valence electrons. The van der Waals surface area contributed by atoms with Gasteiger partial charge in [-0.05, 0) is 32.6 Å². The maximum absolute atomic E-state index is 11.7. The van der Waals surface area contributed by atoms with Gasteiger partial charge in [0.05, 0.1) is 12.2 Å². The second-order valence-corrected chi connectivity index (χ2v) is 7.37. The van der Waals surface area contributed by atoms with Crippen LogP contribution in [0.25, 0.3) is 0 Å². The van der Waals surface area contributed by atoms with Crippen LogP contribution < -0.4 is 0 Å². The number of hydrogen-bond acceptors (Lipinski definition) is 7. The summed E-state index contributed by atoms with van der Waals surface area (Å²) in [7, 11) is 0. The lowest BCUT2D eigenvalue weighted by atomic mass is 10.0. The van der Waals surface area contributed by atoms with Crippen molar-refractivity contribution in [2.45, 2.75) is 103 Å². The van der Waals surface area contributed by atoms with Crippen molar-refractivity contribution in [3.63, 3.8) is 0 Å². The van der Waals surface area contributed by atoms with Gasteiger partial charge < -0.3 is 28.8 Å². The van der Waals surface area contributed by atoms with E-state index in [1.54, 1.807) is 6.92 Å². The predicted octanol–water partition coefficient (Wildman–Crippen LogP) is 3.05. The second kappa shape index (κ2) is 9.01. The molecule has 0 aromatic heterocycles. The smallest absolute Gasteiger partial charge is 0.333 e. The van der Waals surface area contributed by atoms with E-state index in [4.69, 9.17) is 23.7 Å². The number of aliphatic hydroxyl groups is 1. The maximum atomic E-state index is 11.7. The lowest BCUT2D eigenvalue weighted by molar-refractivity contribution is -0.288. The third-order valence-corrected chi connectivity index (χ3v) is 5.44. The summed E-state index contributed by atoms with van der Waals surface area (Å²) in [4.78, 5) is 11.7. The summed E-state index contributed by atoms with van der Waals surface area (Å²) in [5, 5.41) is 10.7. The molecule has 0 amide bonds. The molecule has 7 heteroatoms. The van der Waals surface area contributed by atoms with Crippen molar-refractivity contribution < 1.29 is 33.6 Å². The zero-order valence-electron chi connectivity index (χ0n) is 17.2. The standard InChI is InChI=1S/C20H34O7/c1-7-19(22,8-2)25-15-11-14(12-23-17(21)13(5)6)24-18-16(15)26-20(9-3,10-4)27-18/h14-16,18,22H,5,7-12H2,1-4,6H3/t14?,15?,16-,18-/m1/s1.